The molecule has 1 unspecified atom stereocenters. The number of anilines is 2. The molecule has 0 fully saturated rings. The molecule has 4 N–H and O–H groups in total. The molecular weight excluding hydrogens is 566 g/mol. The maximum atomic E-state index is 13.9. The topological polar surface area (TPSA) is 134 Å². The zero-order valence-electron chi connectivity index (χ0n) is 24.0. The molecular formula is C29H34F2N6O4S. The summed E-state index contributed by atoms with van der Waals surface area (Å²) in [7, 11) is 3.08. The molecule has 42 heavy (non-hydrogen) atoms. The number of aromatic nitrogens is 2. The second kappa shape index (κ2) is 12.4. The number of carbonyl (C=O) groups excluding carboxylic acids is 1. The molecule has 1 heterocycles. The minimum Gasteiger partial charge on any atom is -0.383 e. The number of hydrogen-bond acceptors (Lipinski definition) is 8. The summed E-state index contributed by atoms with van der Waals surface area (Å²) < 4.78 is 60.0. The summed E-state index contributed by atoms with van der Waals surface area (Å²) in [5, 5.41) is 11.2. The first-order chi connectivity index (χ1) is 19.8. The number of primary amides is 1. The maximum absolute atomic E-state index is 13.9. The van der Waals surface area contributed by atoms with Crippen molar-refractivity contribution in [3.63, 3.8) is 0 Å². The van der Waals surface area contributed by atoms with Gasteiger partial charge in [-0.05, 0) is 63.5 Å². The molecule has 0 spiro atoms. The summed E-state index contributed by atoms with van der Waals surface area (Å²) in [5.74, 6) is -2.68. The third kappa shape index (κ3) is 6.37. The highest BCUT2D eigenvalue weighted by Crippen LogP contribution is 2.42. The summed E-state index contributed by atoms with van der Waals surface area (Å²) in [4.78, 5) is 15.9. The number of methoxy groups -OCH3 is 1. The molecule has 0 aliphatic rings. The Morgan fingerprint density at radius 3 is 2.36 bits per heavy atom. The first kappa shape index (κ1) is 30.9. The van der Waals surface area contributed by atoms with E-state index in [2.05, 4.69) is 15.5 Å². The van der Waals surface area contributed by atoms with Crippen LogP contribution in [-0.2, 0) is 14.6 Å². The molecule has 0 aliphatic heterocycles. The van der Waals surface area contributed by atoms with Gasteiger partial charge < -0.3 is 25.6 Å². The second-order valence-electron chi connectivity index (χ2n) is 10.4. The standard InChI is InChI=1S/C29H34F2N6O4S/c1-17(16-41-5)33-27-22(29(32)38)7-9-25(37(4)11-10-36(2)3)26(27)28-23-15-20(6-8-24(23)34-35-28)42(39,40)21-13-18(30)12-19(31)14-21/h6-9,12-15,17,33H,10-11,16H2,1-5H3,(H2,32,38)(H,34,35). The number of amides is 1. The third-order valence-electron chi connectivity index (χ3n) is 6.78. The van der Waals surface area contributed by atoms with Crippen LogP contribution in [0.1, 0.15) is 17.3 Å². The molecule has 1 aromatic heterocycles. The average Bonchev–Trinajstić information content (AvgIpc) is 3.33. The van der Waals surface area contributed by atoms with E-state index in [1.165, 1.54) is 18.2 Å². The highest BCUT2D eigenvalue weighted by Gasteiger charge is 2.26. The molecule has 224 valence electrons. The van der Waals surface area contributed by atoms with Crippen LogP contribution in [0, 0.1) is 11.6 Å². The van der Waals surface area contributed by atoms with Crippen LogP contribution in [0.2, 0.25) is 0 Å². The van der Waals surface area contributed by atoms with Gasteiger partial charge >= 0.3 is 0 Å². The normalized spacial score (nSPS) is 12.6. The summed E-state index contributed by atoms with van der Waals surface area (Å²) in [6, 6.07) is 9.59. The van der Waals surface area contributed by atoms with Crippen LogP contribution in [0.4, 0.5) is 20.2 Å². The summed E-state index contributed by atoms with van der Waals surface area (Å²) >= 11 is 0. The fourth-order valence-corrected chi connectivity index (χ4v) is 6.01. The van der Waals surface area contributed by atoms with E-state index in [1.807, 2.05) is 37.9 Å². The van der Waals surface area contributed by atoms with E-state index in [0.29, 0.717) is 52.8 Å². The number of halogens is 2. The van der Waals surface area contributed by atoms with Gasteiger partial charge in [0.1, 0.15) is 17.3 Å². The largest absolute Gasteiger partial charge is 0.383 e. The Balaban J connectivity index is 1.99. The zero-order chi connectivity index (χ0) is 30.8. The van der Waals surface area contributed by atoms with Crippen LogP contribution in [0.3, 0.4) is 0 Å². The third-order valence-corrected chi connectivity index (χ3v) is 8.51. The van der Waals surface area contributed by atoms with Gasteiger partial charge in [0.15, 0.2) is 0 Å². The SMILES string of the molecule is COCC(C)Nc1c(C(N)=O)ccc(N(C)CCN(C)C)c1-c1n[nH]c2ccc(S(=O)(=O)c3cc(F)cc(F)c3)cc12. The Morgan fingerprint density at radius 2 is 1.74 bits per heavy atom. The summed E-state index contributed by atoms with van der Waals surface area (Å²) in [5.41, 5.74) is 8.52. The van der Waals surface area contributed by atoms with Crippen molar-refractivity contribution in [3.8, 4) is 11.3 Å². The molecule has 13 heteroatoms. The van der Waals surface area contributed by atoms with Crippen molar-refractivity contribution in [2.24, 2.45) is 5.73 Å². The van der Waals surface area contributed by atoms with Crippen LogP contribution in [0.5, 0.6) is 0 Å². The molecule has 4 aromatic rings. The van der Waals surface area contributed by atoms with Crippen LogP contribution in [-0.4, -0.2) is 83.4 Å². The average molecular weight is 601 g/mol. The molecule has 3 aromatic carbocycles. The van der Waals surface area contributed by atoms with Crippen molar-refractivity contribution >= 4 is 38.0 Å². The minimum atomic E-state index is -4.30. The molecule has 0 aliphatic carbocycles. The quantitative estimate of drug-likeness (QED) is 0.223. The van der Waals surface area contributed by atoms with Gasteiger partial charge in [-0.2, -0.15) is 5.10 Å². The summed E-state index contributed by atoms with van der Waals surface area (Å²) in [6.07, 6.45) is 0. The lowest BCUT2D eigenvalue weighted by molar-refractivity contribution is 0.100. The van der Waals surface area contributed by atoms with E-state index < -0.39 is 32.3 Å². The van der Waals surface area contributed by atoms with E-state index in [1.54, 1.807) is 19.2 Å². The van der Waals surface area contributed by atoms with E-state index in [4.69, 9.17) is 10.5 Å². The van der Waals surface area contributed by atoms with Gasteiger partial charge in [0.2, 0.25) is 9.84 Å². The number of rotatable bonds is 12. The van der Waals surface area contributed by atoms with Crippen molar-refractivity contribution in [1.82, 2.24) is 15.1 Å². The lowest BCUT2D eigenvalue weighted by Gasteiger charge is -2.27. The predicted molar refractivity (Wildman–Crippen MR) is 159 cm³/mol. The van der Waals surface area contributed by atoms with Crippen LogP contribution < -0.4 is 16.0 Å². The number of benzene rings is 3. The number of ether oxygens (including phenoxy) is 1. The number of sulfone groups is 1. The number of hydrogen-bond donors (Lipinski definition) is 3. The van der Waals surface area contributed by atoms with Crippen LogP contribution in [0.15, 0.2) is 58.3 Å². The van der Waals surface area contributed by atoms with Crippen molar-refractivity contribution in [2.75, 3.05) is 58.2 Å². The predicted octanol–water partition coefficient (Wildman–Crippen LogP) is 3.88. The Labute approximate surface area is 243 Å². The molecule has 0 bridgehead atoms. The number of fused-ring (bicyclic) bond motifs is 1. The van der Waals surface area contributed by atoms with E-state index in [0.717, 1.165) is 18.7 Å². The number of nitrogens with two attached hydrogens (primary N) is 1. The number of nitrogens with zero attached hydrogens (tertiary/aromatic N) is 3. The monoisotopic (exact) mass is 600 g/mol. The van der Waals surface area contributed by atoms with Crippen molar-refractivity contribution in [1.29, 1.82) is 0 Å². The fourth-order valence-electron chi connectivity index (χ4n) is 4.68. The molecule has 1 atom stereocenters. The van der Waals surface area contributed by atoms with E-state index in [-0.39, 0.29) is 16.5 Å². The Hall–Kier alpha value is -4.07. The zero-order valence-corrected chi connectivity index (χ0v) is 24.9. The van der Waals surface area contributed by atoms with Gasteiger partial charge in [-0.1, -0.05) is 0 Å². The lowest BCUT2D eigenvalue weighted by atomic mass is 9.97. The van der Waals surface area contributed by atoms with E-state index >= 15 is 0 Å². The summed E-state index contributed by atoms with van der Waals surface area (Å²) in [6.45, 7) is 3.55. The molecule has 0 saturated carbocycles. The number of likely N-dealkylation sites (N-methyl/N-ethyl adjacent to an activating group) is 2. The number of nitrogens with one attached hydrogen (secondary N) is 2. The number of H-pyrrole nitrogens is 1. The fraction of sp³-hybridized carbons (Fsp3) is 0.310. The first-order valence-corrected chi connectivity index (χ1v) is 14.6. The highest BCUT2D eigenvalue weighted by atomic mass is 32.2. The Morgan fingerprint density at radius 1 is 1.05 bits per heavy atom. The second-order valence-corrected chi connectivity index (χ2v) is 12.3. The van der Waals surface area contributed by atoms with Gasteiger partial charge in [-0.3, -0.25) is 9.89 Å². The smallest absolute Gasteiger partial charge is 0.250 e. The van der Waals surface area contributed by atoms with Gasteiger partial charge in [-0.25, -0.2) is 17.2 Å². The molecule has 1 amide bonds. The lowest BCUT2D eigenvalue weighted by Crippen LogP contribution is -2.30. The Kier molecular flexibility index (Phi) is 9.14. The Bertz CT molecular complexity index is 1700. The number of carbonyl (C=O) groups is 1. The van der Waals surface area contributed by atoms with Gasteiger partial charge in [0.25, 0.3) is 5.91 Å². The van der Waals surface area contributed by atoms with Crippen molar-refractivity contribution in [3.05, 3.63) is 65.7 Å². The van der Waals surface area contributed by atoms with E-state index in [9.17, 15) is 22.0 Å². The van der Waals surface area contributed by atoms with Crippen molar-refractivity contribution in [2.45, 2.75) is 22.8 Å². The molecule has 4 rings (SSSR count). The maximum Gasteiger partial charge on any atom is 0.250 e. The highest BCUT2D eigenvalue weighted by molar-refractivity contribution is 7.91. The molecule has 10 nitrogen and oxygen atoms in total. The van der Waals surface area contributed by atoms with Gasteiger partial charge in [0.05, 0.1) is 38.7 Å². The van der Waals surface area contributed by atoms with Gasteiger partial charge in [0, 0.05) is 50.4 Å². The van der Waals surface area contributed by atoms with Crippen molar-refractivity contribution < 1.29 is 26.7 Å². The number of aromatic amines is 1. The molecule has 0 radical (unpaired) electrons. The first-order valence-electron chi connectivity index (χ1n) is 13.1. The van der Waals surface area contributed by atoms with Crippen LogP contribution >= 0.6 is 0 Å². The van der Waals surface area contributed by atoms with Crippen LogP contribution in [0.25, 0.3) is 22.2 Å². The minimum absolute atomic E-state index is 0.182. The molecule has 0 saturated heterocycles. The van der Waals surface area contributed by atoms with Gasteiger partial charge in [-0.15, -0.1) is 0 Å².